The van der Waals surface area contributed by atoms with Gasteiger partial charge in [-0.15, -0.1) is 0 Å². The highest BCUT2D eigenvalue weighted by atomic mass is 16.5. The van der Waals surface area contributed by atoms with Gasteiger partial charge in [0.2, 0.25) is 0 Å². The standard InChI is InChI=1S/C12H21N3O3/c1-16-7-4-10-13-11(5-8-17-2)15-12(14-10)6-9-18-3/h4-9H2,1-3H3. The molecular weight excluding hydrogens is 234 g/mol. The molecule has 0 aliphatic carbocycles. The average molecular weight is 255 g/mol. The van der Waals surface area contributed by atoms with Gasteiger partial charge in [0.05, 0.1) is 19.8 Å². The number of hydrogen-bond acceptors (Lipinski definition) is 6. The summed E-state index contributed by atoms with van der Waals surface area (Å²) in [4.78, 5) is 13.2. The van der Waals surface area contributed by atoms with Crippen LogP contribution in [0.2, 0.25) is 0 Å². The van der Waals surface area contributed by atoms with Gasteiger partial charge in [-0.05, 0) is 0 Å². The Labute approximate surface area is 108 Å². The second kappa shape index (κ2) is 8.91. The van der Waals surface area contributed by atoms with Crippen LogP contribution in [0, 0.1) is 0 Å². The Bertz CT molecular complexity index is 283. The van der Waals surface area contributed by atoms with Crippen LogP contribution in [0.1, 0.15) is 17.5 Å². The summed E-state index contributed by atoms with van der Waals surface area (Å²) in [6.07, 6.45) is 2.08. The summed E-state index contributed by atoms with van der Waals surface area (Å²) in [6.45, 7) is 1.83. The molecule has 0 saturated heterocycles. The second-order valence-electron chi connectivity index (χ2n) is 3.81. The summed E-state index contributed by atoms with van der Waals surface area (Å²) in [7, 11) is 5.00. The van der Waals surface area contributed by atoms with Gasteiger partial charge in [0.25, 0.3) is 0 Å². The lowest BCUT2D eigenvalue weighted by molar-refractivity contribution is 0.195. The Hall–Kier alpha value is -1.11. The molecule has 0 saturated carbocycles. The molecule has 0 aromatic carbocycles. The number of hydrogen-bond donors (Lipinski definition) is 0. The van der Waals surface area contributed by atoms with Gasteiger partial charge in [-0.1, -0.05) is 0 Å². The first-order valence-corrected chi connectivity index (χ1v) is 5.99. The van der Waals surface area contributed by atoms with E-state index in [1.807, 2.05) is 0 Å². The summed E-state index contributed by atoms with van der Waals surface area (Å²) in [6, 6.07) is 0. The van der Waals surface area contributed by atoms with E-state index in [1.54, 1.807) is 21.3 Å². The van der Waals surface area contributed by atoms with Crippen LogP contribution in [0.25, 0.3) is 0 Å². The van der Waals surface area contributed by atoms with Crippen molar-refractivity contribution >= 4 is 0 Å². The fourth-order valence-electron chi connectivity index (χ4n) is 1.44. The topological polar surface area (TPSA) is 66.4 Å². The quantitative estimate of drug-likeness (QED) is 0.638. The van der Waals surface area contributed by atoms with Crippen molar-refractivity contribution in [2.45, 2.75) is 19.3 Å². The van der Waals surface area contributed by atoms with Crippen LogP contribution in [-0.2, 0) is 33.5 Å². The molecule has 0 amide bonds. The van der Waals surface area contributed by atoms with Crippen molar-refractivity contribution in [1.29, 1.82) is 0 Å². The van der Waals surface area contributed by atoms with Crippen LogP contribution in [0.3, 0.4) is 0 Å². The van der Waals surface area contributed by atoms with E-state index in [9.17, 15) is 0 Å². The lowest BCUT2D eigenvalue weighted by Gasteiger charge is -2.06. The van der Waals surface area contributed by atoms with Crippen LogP contribution in [0.4, 0.5) is 0 Å². The van der Waals surface area contributed by atoms with Gasteiger partial charge in [-0.3, -0.25) is 0 Å². The molecule has 102 valence electrons. The van der Waals surface area contributed by atoms with Crippen molar-refractivity contribution in [2.75, 3.05) is 41.2 Å². The predicted molar refractivity (Wildman–Crippen MR) is 66.6 cm³/mol. The van der Waals surface area contributed by atoms with Crippen LogP contribution in [0.15, 0.2) is 0 Å². The number of nitrogens with zero attached hydrogens (tertiary/aromatic N) is 3. The molecule has 1 heterocycles. The Morgan fingerprint density at radius 1 is 0.611 bits per heavy atom. The van der Waals surface area contributed by atoms with Crippen molar-refractivity contribution in [3.8, 4) is 0 Å². The maximum atomic E-state index is 5.04. The van der Waals surface area contributed by atoms with Crippen LogP contribution >= 0.6 is 0 Å². The van der Waals surface area contributed by atoms with E-state index >= 15 is 0 Å². The molecule has 6 nitrogen and oxygen atoms in total. The van der Waals surface area contributed by atoms with Gasteiger partial charge in [0.15, 0.2) is 0 Å². The van der Waals surface area contributed by atoms with Crippen molar-refractivity contribution in [2.24, 2.45) is 0 Å². The van der Waals surface area contributed by atoms with Gasteiger partial charge in [-0.2, -0.15) is 0 Å². The molecule has 0 unspecified atom stereocenters. The van der Waals surface area contributed by atoms with Gasteiger partial charge < -0.3 is 14.2 Å². The van der Waals surface area contributed by atoms with Crippen LogP contribution < -0.4 is 0 Å². The molecule has 1 aromatic heterocycles. The lowest BCUT2D eigenvalue weighted by Crippen LogP contribution is -2.12. The zero-order valence-electron chi connectivity index (χ0n) is 11.3. The van der Waals surface area contributed by atoms with E-state index in [2.05, 4.69) is 15.0 Å². The van der Waals surface area contributed by atoms with Crippen molar-refractivity contribution in [3.63, 3.8) is 0 Å². The van der Waals surface area contributed by atoms with Crippen molar-refractivity contribution < 1.29 is 14.2 Å². The first-order chi connectivity index (χ1) is 8.80. The summed E-state index contributed by atoms with van der Waals surface area (Å²) in [5.41, 5.74) is 0. The zero-order valence-corrected chi connectivity index (χ0v) is 11.3. The molecule has 0 N–H and O–H groups in total. The molecule has 0 radical (unpaired) electrons. The maximum Gasteiger partial charge on any atom is 0.134 e. The minimum atomic E-state index is 0.609. The third kappa shape index (κ3) is 5.48. The Morgan fingerprint density at radius 3 is 1.11 bits per heavy atom. The van der Waals surface area contributed by atoms with Crippen molar-refractivity contribution in [3.05, 3.63) is 17.5 Å². The second-order valence-corrected chi connectivity index (χ2v) is 3.81. The van der Waals surface area contributed by atoms with E-state index in [1.165, 1.54) is 0 Å². The molecule has 18 heavy (non-hydrogen) atoms. The molecule has 0 aliphatic heterocycles. The highest BCUT2D eigenvalue weighted by molar-refractivity contribution is 4.98. The molecule has 0 bridgehead atoms. The smallest absolute Gasteiger partial charge is 0.134 e. The van der Waals surface area contributed by atoms with Crippen LogP contribution in [-0.4, -0.2) is 56.1 Å². The monoisotopic (exact) mass is 255 g/mol. The predicted octanol–water partition coefficient (Wildman–Crippen LogP) is 0.438. The minimum absolute atomic E-state index is 0.609. The normalized spacial score (nSPS) is 10.8. The summed E-state index contributed by atoms with van der Waals surface area (Å²) >= 11 is 0. The molecule has 0 aliphatic rings. The number of rotatable bonds is 9. The van der Waals surface area contributed by atoms with Crippen molar-refractivity contribution in [1.82, 2.24) is 15.0 Å². The number of aromatic nitrogens is 3. The highest BCUT2D eigenvalue weighted by Gasteiger charge is 2.06. The number of ether oxygens (including phenoxy) is 3. The zero-order chi connectivity index (χ0) is 13.2. The summed E-state index contributed by atoms with van der Waals surface area (Å²) in [5, 5.41) is 0. The molecule has 0 atom stereocenters. The molecule has 1 aromatic rings. The maximum absolute atomic E-state index is 5.04. The fourth-order valence-corrected chi connectivity index (χ4v) is 1.44. The Morgan fingerprint density at radius 2 is 0.889 bits per heavy atom. The first kappa shape index (κ1) is 14.9. The third-order valence-electron chi connectivity index (χ3n) is 2.36. The van der Waals surface area contributed by atoms with E-state index in [-0.39, 0.29) is 0 Å². The summed E-state index contributed by atoms with van der Waals surface area (Å²) < 4.78 is 15.1. The molecule has 6 heteroatoms. The van der Waals surface area contributed by atoms with Crippen LogP contribution in [0.5, 0.6) is 0 Å². The minimum Gasteiger partial charge on any atom is -0.384 e. The fraction of sp³-hybridized carbons (Fsp3) is 0.750. The number of methoxy groups -OCH3 is 3. The Balaban J connectivity index is 2.74. The molecular formula is C12H21N3O3. The SMILES string of the molecule is COCCc1nc(CCOC)nc(CCOC)n1. The van der Waals surface area contributed by atoms with Gasteiger partial charge in [0, 0.05) is 40.6 Å². The van der Waals surface area contributed by atoms with E-state index in [0.717, 1.165) is 17.5 Å². The first-order valence-electron chi connectivity index (χ1n) is 5.99. The molecule has 1 rings (SSSR count). The van der Waals surface area contributed by atoms with Gasteiger partial charge in [0.1, 0.15) is 17.5 Å². The van der Waals surface area contributed by atoms with Gasteiger partial charge in [-0.25, -0.2) is 15.0 Å². The molecule has 0 fully saturated rings. The third-order valence-corrected chi connectivity index (χ3v) is 2.36. The highest BCUT2D eigenvalue weighted by Crippen LogP contribution is 2.01. The van der Waals surface area contributed by atoms with E-state index in [0.29, 0.717) is 39.1 Å². The molecule has 0 spiro atoms. The van der Waals surface area contributed by atoms with Gasteiger partial charge >= 0.3 is 0 Å². The Kier molecular flexibility index (Phi) is 7.40. The largest absolute Gasteiger partial charge is 0.384 e. The van der Waals surface area contributed by atoms with E-state index in [4.69, 9.17) is 14.2 Å². The lowest BCUT2D eigenvalue weighted by atomic mass is 10.3. The summed E-state index contributed by atoms with van der Waals surface area (Å²) in [5.74, 6) is 2.30. The average Bonchev–Trinajstić information content (AvgIpc) is 2.40. The van der Waals surface area contributed by atoms with E-state index < -0.39 is 0 Å².